The summed E-state index contributed by atoms with van der Waals surface area (Å²) in [5.41, 5.74) is 2.34. The van der Waals surface area contributed by atoms with Crippen LogP contribution in [0.5, 0.6) is 0 Å². The van der Waals surface area contributed by atoms with Gasteiger partial charge in [-0.2, -0.15) is 0 Å². The van der Waals surface area contributed by atoms with Crippen molar-refractivity contribution in [2.24, 2.45) is 5.92 Å². The topological polar surface area (TPSA) is 16.1 Å². The van der Waals surface area contributed by atoms with Crippen LogP contribution in [-0.2, 0) is 5.88 Å². The third-order valence-electron chi connectivity index (χ3n) is 2.98. The van der Waals surface area contributed by atoms with Crippen LogP contribution in [0.25, 0.3) is 0 Å². The summed E-state index contributed by atoms with van der Waals surface area (Å²) in [6.07, 6.45) is 3.16. The van der Waals surface area contributed by atoms with Crippen LogP contribution >= 0.6 is 11.6 Å². The minimum Gasteiger partial charge on any atom is -0.356 e. The van der Waals surface area contributed by atoms with Gasteiger partial charge in [0.1, 0.15) is 5.82 Å². The Bertz CT molecular complexity index is 351. The Morgan fingerprint density at radius 1 is 1.60 bits per heavy atom. The maximum atomic E-state index is 5.78. The van der Waals surface area contributed by atoms with E-state index >= 15 is 0 Å². The van der Waals surface area contributed by atoms with Crippen LogP contribution < -0.4 is 4.90 Å². The van der Waals surface area contributed by atoms with Crippen molar-refractivity contribution in [2.75, 3.05) is 18.0 Å². The molecule has 1 aliphatic rings. The van der Waals surface area contributed by atoms with E-state index in [-0.39, 0.29) is 0 Å². The largest absolute Gasteiger partial charge is 0.356 e. The van der Waals surface area contributed by atoms with Crippen molar-refractivity contribution in [1.29, 1.82) is 0 Å². The average molecular weight is 225 g/mol. The Kier molecular flexibility index (Phi) is 3.15. The fraction of sp³-hybridized carbons (Fsp3) is 0.583. The summed E-state index contributed by atoms with van der Waals surface area (Å²) < 4.78 is 0. The number of anilines is 1. The van der Waals surface area contributed by atoms with Gasteiger partial charge in [0.2, 0.25) is 0 Å². The molecule has 1 aliphatic heterocycles. The Hall–Kier alpha value is -0.760. The fourth-order valence-corrected chi connectivity index (χ4v) is 2.30. The van der Waals surface area contributed by atoms with Gasteiger partial charge in [0, 0.05) is 25.2 Å². The molecule has 82 valence electrons. The number of pyridine rings is 1. The average Bonchev–Trinajstić information content (AvgIpc) is 2.64. The Morgan fingerprint density at radius 3 is 2.93 bits per heavy atom. The van der Waals surface area contributed by atoms with E-state index in [1.54, 1.807) is 0 Å². The lowest BCUT2D eigenvalue weighted by atomic mass is 10.2. The number of alkyl halides is 1. The van der Waals surface area contributed by atoms with Crippen LogP contribution in [0.4, 0.5) is 5.82 Å². The summed E-state index contributed by atoms with van der Waals surface area (Å²) in [6, 6.07) is 2.14. The molecular weight excluding hydrogens is 208 g/mol. The van der Waals surface area contributed by atoms with Crippen LogP contribution in [0, 0.1) is 12.8 Å². The highest BCUT2D eigenvalue weighted by Gasteiger charge is 2.20. The highest BCUT2D eigenvalue weighted by Crippen LogP contribution is 2.25. The number of halogens is 1. The number of aromatic nitrogens is 1. The lowest BCUT2D eigenvalue weighted by Gasteiger charge is -2.19. The molecule has 1 unspecified atom stereocenters. The normalized spacial score (nSPS) is 21.0. The SMILES string of the molecule is Cc1cc(CCl)cnc1N1CCC(C)C1. The first-order valence-electron chi connectivity index (χ1n) is 5.47. The quantitative estimate of drug-likeness (QED) is 0.718. The molecule has 1 fully saturated rings. The highest BCUT2D eigenvalue weighted by molar-refractivity contribution is 6.17. The van der Waals surface area contributed by atoms with E-state index in [1.165, 1.54) is 12.0 Å². The van der Waals surface area contributed by atoms with Gasteiger partial charge < -0.3 is 4.90 Å². The van der Waals surface area contributed by atoms with E-state index in [1.807, 2.05) is 6.20 Å². The zero-order chi connectivity index (χ0) is 10.8. The number of nitrogens with zero attached hydrogens (tertiary/aromatic N) is 2. The lowest BCUT2D eigenvalue weighted by molar-refractivity contribution is 0.658. The molecular formula is C12H17ClN2. The summed E-state index contributed by atoms with van der Waals surface area (Å²) >= 11 is 5.78. The lowest BCUT2D eigenvalue weighted by Crippen LogP contribution is -2.21. The monoisotopic (exact) mass is 224 g/mol. The smallest absolute Gasteiger partial charge is 0.131 e. The van der Waals surface area contributed by atoms with Gasteiger partial charge >= 0.3 is 0 Å². The molecule has 1 saturated heterocycles. The maximum absolute atomic E-state index is 5.78. The first-order chi connectivity index (χ1) is 7.20. The molecule has 0 bridgehead atoms. The molecule has 1 aromatic heterocycles. The van der Waals surface area contributed by atoms with Gasteiger partial charge in [-0.3, -0.25) is 0 Å². The standard InChI is InChI=1S/C12H17ClN2/c1-9-3-4-15(8-9)12-10(2)5-11(6-13)7-14-12/h5,7,9H,3-4,6,8H2,1-2H3. The molecule has 0 N–H and O–H groups in total. The van der Waals surface area contributed by atoms with Gasteiger partial charge in [-0.15, -0.1) is 11.6 Å². The van der Waals surface area contributed by atoms with Crippen LogP contribution in [0.3, 0.4) is 0 Å². The van der Waals surface area contributed by atoms with E-state index < -0.39 is 0 Å². The first kappa shape index (κ1) is 10.7. The first-order valence-corrected chi connectivity index (χ1v) is 6.00. The van der Waals surface area contributed by atoms with E-state index in [4.69, 9.17) is 11.6 Å². The summed E-state index contributed by atoms with van der Waals surface area (Å²) in [7, 11) is 0. The zero-order valence-corrected chi connectivity index (χ0v) is 10.1. The highest BCUT2D eigenvalue weighted by atomic mass is 35.5. The van der Waals surface area contributed by atoms with Crippen molar-refractivity contribution in [1.82, 2.24) is 4.98 Å². The van der Waals surface area contributed by atoms with Gasteiger partial charge in [0.05, 0.1) is 0 Å². The molecule has 1 atom stereocenters. The molecule has 0 amide bonds. The van der Waals surface area contributed by atoms with E-state index in [9.17, 15) is 0 Å². The fourth-order valence-electron chi connectivity index (χ4n) is 2.16. The molecule has 3 heteroatoms. The molecule has 2 rings (SSSR count). The Labute approximate surface area is 96.3 Å². The van der Waals surface area contributed by atoms with E-state index in [0.717, 1.165) is 30.4 Å². The van der Waals surface area contributed by atoms with Crippen molar-refractivity contribution in [3.63, 3.8) is 0 Å². The van der Waals surface area contributed by atoms with E-state index in [0.29, 0.717) is 5.88 Å². The second-order valence-electron chi connectivity index (χ2n) is 4.46. The van der Waals surface area contributed by atoms with Gasteiger partial charge in [-0.25, -0.2) is 4.98 Å². The van der Waals surface area contributed by atoms with Gasteiger partial charge in [-0.1, -0.05) is 6.92 Å². The second-order valence-corrected chi connectivity index (χ2v) is 4.72. The van der Waals surface area contributed by atoms with Crippen molar-refractivity contribution in [3.8, 4) is 0 Å². The number of hydrogen-bond donors (Lipinski definition) is 0. The Balaban J connectivity index is 2.21. The van der Waals surface area contributed by atoms with Crippen molar-refractivity contribution in [2.45, 2.75) is 26.1 Å². The maximum Gasteiger partial charge on any atom is 0.131 e. The van der Waals surface area contributed by atoms with Crippen molar-refractivity contribution >= 4 is 17.4 Å². The summed E-state index contributed by atoms with van der Waals surface area (Å²) in [5.74, 6) is 2.47. The molecule has 2 heterocycles. The summed E-state index contributed by atoms with van der Waals surface area (Å²) in [5, 5.41) is 0. The molecule has 0 aliphatic carbocycles. The molecule has 2 nitrogen and oxygen atoms in total. The van der Waals surface area contributed by atoms with Crippen LogP contribution in [-0.4, -0.2) is 18.1 Å². The number of rotatable bonds is 2. The van der Waals surface area contributed by atoms with Crippen LogP contribution in [0.2, 0.25) is 0 Å². The van der Waals surface area contributed by atoms with E-state index in [2.05, 4.69) is 29.8 Å². The third-order valence-corrected chi connectivity index (χ3v) is 3.29. The molecule has 0 spiro atoms. The summed E-state index contributed by atoms with van der Waals surface area (Å²) in [4.78, 5) is 6.88. The molecule has 1 aromatic rings. The van der Waals surface area contributed by atoms with Gasteiger partial charge in [0.25, 0.3) is 0 Å². The van der Waals surface area contributed by atoms with Crippen LogP contribution in [0.15, 0.2) is 12.3 Å². The summed E-state index contributed by atoms with van der Waals surface area (Å²) in [6.45, 7) is 6.67. The predicted octanol–water partition coefficient (Wildman–Crippen LogP) is 2.98. The molecule has 15 heavy (non-hydrogen) atoms. The molecule has 0 aromatic carbocycles. The third kappa shape index (κ3) is 2.25. The Morgan fingerprint density at radius 2 is 2.40 bits per heavy atom. The minimum atomic E-state index is 0.546. The zero-order valence-electron chi connectivity index (χ0n) is 9.33. The molecule has 0 saturated carbocycles. The van der Waals surface area contributed by atoms with Crippen LogP contribution in [0.1, 0.15) is 24.5 Å². The second kappa shape index (κ2) is 4.40. The van der Waals surface area contributed by atoms with Crippen molar-refractivity contribution in [3.05, 3.63) is 23.4 Å². The van der Waals surface area contributed by atoms with Gasteiger partial charge in [0.15, 0.2) is 0 Å². The van der Waals surface area contributed by atoms with Crippen molar-refractivity contribution < 1.29 is 0 Å². The number of hydrogen-bond acceptors (Lipinski definition) is 2. The van der Waals surface area contributed by atoms with Gasteiger partial charge in [-0.05, 0) is 36.5 Å². The molecule has 0 radical (unpaired) electrons. The minimum absolute atomic E-state index is 0.546. The predicted molar refractivity (Wildman–Crippen MR) is 64.5 cm³/mol. The number of aryl methyl sites for hydroxylation is 1.